The molecule has 0 bridgehead atoms. The standard InChI is InChI=1S/C21H25BrFN3O3S/c1-12(2)26-11-24-18-9-8-17(25-30(28,29)14-6-7-14)15(19(18)21(26)27)10-13-4-3-5-16(22)20(13)23/h3-5,11-12,14-15,17,25H,6-10H2,1-2H3/t15-,17-/m0/s1. The first kappa shape index (κ1) is 21.6. The van der Waals surface area contributed by atoms with Gasteiger partial charge < -0.3 is 0 Å². The fraction of sp³-hybridized carbons (Fsp3) is 0.524. The molecule has 1 saturated carbocycles. The van der Waals surface area contributed by atoms with Crippen molar-refractivity contribution in [2.75, 3.05) is 0 Å². The number of aromatic nitrogens is 2. The Morgan fingerprint density at radius 2 is 2.03 bits per heavy atom. The highest BCUT2D eigenvalue weighted by Gasteiger charge is 2.41. The minimum atomic E-state index is -3.45. The van der Waals surface area contributed by atoms with Crippen LogP contribution in [-0.4, -0.2) is 29.3 Å². The van der Waals surface area contributed by atoms with Gasteiger partial charge in [-0.05, 0) is 73.5 Å². The number of hydrogen-bond acceptors (Lipinski definition) is 4. The van der Waals surface area contributed by atoms with E-state index in [1.807, 2.05) is 13.8 Å². The number of halogens is 2. The summed E-state index contributed by atoms with van der Waals surface area (Å²) in [4.78, 5) is 17.8. The van der Waals surface area contributed by atoms with Crippen molar-refractivity contribution in [1.82, 2.24) is 14.3 Å². The van der Waals surface area contributed by atoms with E-state index in [9.17, 15) is 17.6 Å². The Hall–Kier alpha value is -1.58. The second-order valence-corrected chi connectivity index (χ2v) is 11.3. The van der Waals surface area contributed by atoms with Crippen molar-refractivity contribution in [2.45, 2.75) is 69.2 Å². The van der Waals surface area contributed by atoms with Gasteiger partial charge in [0.1, 0.15) is 5.82 Å². The number of sulfonamides is 1. The van der Waals surface area contributed by atoms with Crippen molar-refractivity contribution < 1.29 is 12.8 Å². The molecule has 1 aromatic carbocycles. The van der Waals surface area contributed by atoms with Gasteiger partial charge in [0.05, 0.1) is 21.7 Å². The summed E-state index contributed by atoms with van der Waals surface area (Å²) in [6, 6.07) is 4.48. The number of benzene rings is 1. The topological polar surface area (TPSA) is 81.1 Å². The Bertz CT molecular complexity index is 1130. The van der Waals surface area contributed by atoms with Crippen LogP contribution in [0.15, 0.2) is 33.8 Å². The van der Waals surface area contributed by atoms with Crippen molar-refractivity contribution in [3.05, 3.63) is 62.0 Å². The van der Waals surface area contributed by atoms with E-state index in [2.05, 4.69) is 25.6 Å². The van der Waals surface area contributed by atoms with Gasteiger partial charge >= 0.3 is 0 Å². The molecular weight excluding hydrogens is 473 g/mol. The molecule has 1 aromatic heterocycles. The lowest BCUT2D eigenvalue weighted by atomic mass is 9.79. The fourth-order valence-electron chi connectivity index (χ4n) is 4.16. The number of nitrogens with zero attached hydrogens (tertiary/aromatic N) is 2. The van der Waals surface area contributed by atoms with Crippen LogP contribution in [0, 0.1) is 5.82 Å². The van der Waals surface area contributed by atoms with E-state index in [0.29, 0.717) is 47.0 Å². The lowest BCUT2D eigenvalue weighted by molar-refractivity contribution is 0.408. The molecule has 0 amide bonds. The van der Waals surface area contributed by atoms with Crippen LogP contribution in [0.3, 0.4) is 0 Å². The van der Waals surface area contributed by atoms with Crippen molar-refractivity contribution in [3.63, 3.8) is 0 Å². The van der Waals surface area contributed by atoms with Crippen LogP contribution in [0.2, 0.25) is 0 Å². The first-order valence-electron chi connectivity index (χ1n) is 10.2. The van der Waals surface area contributed by atoms with Crippen molar-refractivity contribution in [3.8, 4) is 0 Å². The smallest absolute Gasteiger partial charge is 0.257 e. The molecule has 0 radical (unpaired) electrons. The Kier molecular flexibility index (Phi) is 5.89. The van der Waals surface area contributed by atoms with E-state index in [0.717, 1.165) is 0 Å². The highest BCUT2D eigenvalue weighted by molar-refractivity contribution is 9.10. The van der Waals surface area contributed by atoms with Gasteiger partial charge in [0, 0.05) is 23.6 Å². The van der Waals surface area contributed by atoms with Gasteiger partial charge in [0.15, 0.2) is 0 Å². The Balaban J connectivity index is 1.80. The van der Waals surface area contributed by atoms with Crippen molar-refractivity contribution in [1.29, 1.82) is 0 Å². The van der Waals surface area contributed by atoms with Crippen molar-refractivity contribution >= 4 is 26.0 Å². The monoisotopic (exact) mass is 497 g/mol. The summed E-state index contributed by atoms with van der Waals surface area (Å²) >= 11 is 3.21. The maximum atomic E-state index is 14.8. The molecule has 1 N–H and O–H groups in total. The van der Waals surface area contributed by atoms with E-state index in [-0.39, 0.29) is 29.1 Å². The molecule has 1 heterocycles. The van der Waals surface area contributed by atoms with E-state index in [1.165, 1.54) is 0 Å². The summed E-state index contributed by atoms with van der Waals surface area (Å²) in [7, 11) is -3.45. The molecule has 2 aromatic rings. The van der Waals surface area contributed by atoms with Crippen LogP contribution in [0.1, 0.15) is 61.9 Å². The second kappa shape index (κ2) is 8.16. The molecule has 0 unspecified atom stereocenters. The maximum absolute atomic E-state index is 14.8. The molecule has 2 atom stereocenters. The Labute approximate surface area is 184 Å². The summed E-state index contributed by atoms with van der Waals surface area (Å²) in [5.41, 5.74) is 1.45. The molecule has 0 saturated heterocycles. The summed E-state index contributed by atoms with van der Waals surface area (Å²) in [6.45, 7) is 3.79. The van der Waals surface area contributed by atoms with Crippen molar-refractivity contribution in [2.24, 2.45) is 0 Å². The second-order valence-electron chi connectivity index (χ2n) is 8.44. The number of nitrogens with one attached hydrogen (secondary N) is 1. The number of rotatable bonds is 6. The van der Waals surface area contributed by atoms with E-state index >= 15 is 0 Å². The maximum Gasteiger partial charge on any atom is 0.257 e. The predicted molar refractivity (Wildman–Crippen MR) is 117 cm³/mol. The van der Waals surface area contributed by atoms with Gasteiger partial charge in [-0.3, -0.25) is 9.36 Å². The minimum absolute atomic E-state index is 0.0814. The van der Waals surface area contributed by atoms with Crippen LogP contribution in [-0.2, 0) is 22.9 Å². The van der Waals surface area contributed by atoms with Gasteiger partial charge in [-0.25, -0.2) is 22.5 Å². The van der Waals surface area contributed by atoms with Gasteiger partial charge in [0.25, 0.3) is 5.56 Å². The zero-order valence-electron chi connectivity index (χ0n) is 16.9. The van der Waals surface area contributed by atoms with Gasteiger partial charge in [-0.1, -0.05) is 12.1 Å². The SMILES string of the molecule is CC(C)n1cnc2c(c1=O)[C@@H](Cc1cccc(Br)c1F)[C@@H](NS(=O)(=O)C1CC1)CC2. The zero-order valence-corrected chi connectivity index (χ0v) is 19.3. The van der Waals surface area contributed by atoms with E-state index < -0.39 is 22.0 Å². The molecule has 2 aliphatic rings. The lowest BCUT2D eigenvalue weighted by Crippen LogP contribution is -2.47. The number of aryl methyl sites for hydroxylation is 1. The molecule has 162 valence electrons. The molecule has 6 nitrogen and oxygen atoms in total. The normalized spacial score (nSPS) is 21.6. The summed E-state index contributed by atoms with van der Waals surface area (Å²) in [6.07, 6.45) is 4.12. The summed E-state index contributed by atoms with van der Waals surface area (Å²) < 4.78 is 44.8. The molecule has 0 spiro atoms. The molecule has 9 heteroatoms. The van der Waals surface area contributed by atoms with E-state index in [1.54, 1.807) is 29.1 Å². The highest BCUT2D eigenvalue weighted by atomic mass is 79.9. The van der Waals surface area contributed by atoms with Crippen LogP contribution < -0.4 is 10.3 Å². The minimum Gasteiger partial charge on any atom is -0.296 e. The lowest BCUT2D eigenvalue weighted by Gasteiger charge is -2.33. The first-order valence-corrected chi connectivity index (χ1v) is 12.6. The first-order chi connectivity index (χ1) is 14.2. The molecule has 1 fully saturated rings. The summed E-state index contributed by atoms with van der Waals surface area (Å²) in [5, 5.41) is -0.358. The van der Waals surface area contributed by atoms with E-state index in [4.69, 9.17) is 0 Å². The Morgan fingerprint density at radius 1 is 1.30 bits per heavy atom. The zero-order chi connectivity index (χ0) is 21.6. The summed E-state index contributed by atoms with van der Waals surface area (Å²) in [5.74, 6) is -0.876. The third-order valence-electron chi connectivity index (χ3n) is 5.97. The van der Waals surface area contributed by atoms with Gasteiger partial charge in [-0.15, -0.1) is 0 Å². The molecule has 2 aliphatic carbocycles. The third kappa shape index (κ3) is 4.11. The van der Waals surface area contributed by atoms with Crippen LogP contribution in [0.4, 0.5) is 4.39 Å². The highest BCUT2D eigenvalue weighted by Crippen LogP contribution is 2.35. The number of hydrogen-bond donors (Lipinski definition) is 1. The molecule has 4 rings (SSSR count). The molecular formula is C21H25BrFN3O3S. The largest absolute Gasteiger partial charge is 0.296 e. The van der Waals surface area contributed by atoms with Crippen LogP contribution in [0.25, 0.3) is 0 Å². The van der Waals surface area contributed by atoms with Gasteiger partial charge in [0.2, 0.25) is 10.0 Å². The van der Waals surface area contributed by atoms with Crippen LogP contribution >= 0.6 is 15.9 Å². The quantitative estimate of drug-likeness (QED) is 0.662. The number of fused-ring (bicyclic) bond motifs is 1. The third-order valence-corrected chi connectivity index (χ3v) is 8.56. The average Bonchev–Trinajstić information content (AvgIpc) is 3.52. The predicted octanol–water partition coefficient (Wildman–Crippen LogP) is 3.45. The van der Waals surface area contributed by atoms with Crippen LogP contribution in [0.5, 0.6) is 0 Å². The molecule has 0 aliphatic heterocycles. The van der Waals surface area contributed by atoms with Gasteiger partial charge in [-0.2, -0.15) is 0 Å². The average molecular weight is 498 g/mol. The fourth-order valence-corrected chi connectivity index (χ4v) is 6.23. The Morgan fingerprint density at radius 3 is 2.70 bits per heavy atom. The molecule has 30 heavy (non-hydrogen) atoms.